The van der Waals surface area contributed by atoms with E-state index in [1.54, 1.807) is 0 Å². The minimum absolute atomic E-state index is 0.574. The van der Waals surface area contributed by atoms with Gasteiger partial charge in [-0.2, -0.15) is 0 Å². The number of rotatable bonds is 6. The smallest absolute Gasteiger partial charge is 0.180 e. The molecule has 0 amide bonds. The van der Waals surface area contributed by atoms with E-state index in [0.29, 0.717) is 28.9 Å². The van der Waals surface area contributed by atoms with Gasteiger partial charge in [0, 0.05) is 49.5 Å². The Bertz CT molecular complexity index is 3190. The van der Waals surface area contributed by atoms with Crippen LogP contribution >= 0.6 is 0 Å². The molecule has 56 heavy (non-hydrogen) atoms. The van der Waals surface area contributed by atoms with E-state index >= 15 is 0 Å². The lowest BCUT2D eigenvalue weighted by molar-refractivity contribution is 0.667. The van der Waals surface area contributed by atoms with Crippen LogP contribution in [-0.4, -0.2) is 24.9 Å². The van der Waals surface area contributed by atoms with E-state index in [1.165, 1.54) is 0 Å². The quantitative estimate of drug-likeness (QED) is 0.169. The van der Waals surface area contributed by atoms with E-state index in [2.05, 4.69) is 48.5 Å². The van der Waals surface area contributed by atoms with Crippen LogP contribution in [0.25, 0.3) is 112 Å². The second-order valence-corrected chi connectivity index (χ2v) is 13.7. The molecule has 0 unspecified atom stereocenters. The first kappa shape index (κ1) is 31.7. The van der Waals surface area contributed by atoms with Crippen molar-refractivity contribution in [2.45, 2.75) is 0 Å². The molecule has 7 nitrogen and oxygen atoms in total. The predicted octanol–water partition coefficient (Wildman–Crippen LogP) is 12.5. The molecular weight excluding hydrogens is 691 g/mol. The summed E-state index contributed by atoms with van der Waals surface area (Å²) in [6.45, 7) is 0. The zero-order valence-corrected chi connectivity index (χ0v) is 29.8. The van der Waals surface area contributed by atoms with Gasteiger partial charge in [0.2, 0.25) is 0 Å². The monoisotopic (exact) mass is 719 g/mol. The first-order valence-corrected chi connectivity index (χ1v) is 18.4. The number of para-hydroxylation sites is 2. The molecule has 7 aromatic carbocycles. The van der Waals surface area contributed by atoms with Crippen LogP contribution in [-0.2, 0) is 0 Å². The molecule has 0 saturated carbocycles. The Hall–Kier alpha value is -7.77. The van der Waals surface area contributed by atoms with Crippen LogP contribution in [0.2, 0.25) is 0 Å². The number of hydrogen-bond acceptors (Lipinski definition) is 7. The van der Waals surface area contributed by atoms with Crippen molar-refractivity contribution in [3.05, 3.63) is 176 Å². The van der Waals surface area contributed by atoms with Crippen LogP contribution in [0.4, 0.5) is 0 Å². The maximum absolute atomic E-state index is 6.73. The summed E-state index contributed by atoms with van der Waals surface area (Å²) in [6, 6.07) is 58.9. The highest BCUT2D eigenvalue weighted by molar-refractivity contribution is 6.10. The molecule has 0 N–H and O–H groups in total. The number of fused-ring (bicyclic) bond motifs is 6. The van der Waals surface area contributed by atoms with E-state index in [1.807, 2.05) is 127 Å². The molecule has 0 atom stereocenters. The number of nitrogens with zero attached hydrogens (tertiary/aromatic N) is 5. The normalized spacial score (nSPS) is 11.6. The number of aromatic nitrogens is 5. The minimum atomic E-state index is 0.574. The number of furan rings is 2. The molecule has 0 spiro atoms. The highest BCUT2D eigenvalue weighted by atomic mass is 16.3. The van der Waals surface area contributed by atoms with Crippen molar-refractivity contribution in [2.75, 3.05) is 0 Å². The standard InChI is InChI=1S/C49H29N5O2/c1-4-14-30(15-5-1)42-45-43(39-22-10-11-25-40(39)55-45)51-48(50-42)34-21-12-20-33(28-34)36-23-13-24-38-37-27-26-35(29-41(37)56-44(36)38)49-53-46(31-16-6-2-7-17-31)52-47(54-49)32-18-8-3-9-19-32/h1-29H. The van der Waals surface area contributed by atoms with Crippen molar-refractivity contribution in [1.29, 1.82) is 0 Å². The van der Waals surface area contributed by atoms with Gasteiger partial charge in [-0.1, -0.05) is 146 Å². The summed E-state index contributed by atoms with van der Waals surface area (Å²) in [5, 5.41) is 2.99. The van der Waals surface area contributed by atoms with Crippen molar-refractivity contribution in [1.82, 2.24) is 24.9 Å². The second kappa shape index (κ2) is 13.0. The first-order valence-electron chi connectivity index (χ1n) is 18.4. The van der Waals surface area contributed by atoms with Crippen LogP contribution in [0.5, 0.6) is 0 Å². The summed E-state index contributed by atoms with van der Waals surface area (Å²) < 4.78 is 13.1. The maximum atomic E-state index is 6.73. The van der Waals surface area contributed by atoms with E-state index < -0.39 is 0 Å². The molecule has 7 heteroatoms. The van der Waals surface area contributed by atoms with Gasteiger partial charge in [-0.3, -0.25) is 0 Å². The highest BCUT2D eigenvalue weighted by Crippen LogP contribution is 2.40. The topological polar surface area (TPSA) is 90.7 Å². The van der Waals surface area contributed by atoms with E-state index in [0.717, 1.165) is 83.1 Å². The molecule has 0 radical (unpaired) electrons. The Balaban J connectivity index is 1.03. The largest absolute Gasteiger partial charge is 0.455 e. The first-order chi connectivity index (χ1) is 27.7. The van der Waals surface area contributed by atoms with Crippen molar-refractivity contribution >= 4 is 44.0 Å². The Morgan fingerprint density at radius 2 is 0.839 bits per heavy atom. The molecule has 4 aromatic heterocycles. The lowest BCUT2D eigenvalue weighted by Gasteiger charge is -2.08. The molecular formula is C49H29N5O2. The van der Waals surface area contributed by atoms with Gasteiger partial charge < -0.3 is 8.83 Å². The third-order valence-corrected chi connectivity index (χ3v) is 10.2. The van der Waals surface area contributed by atoms with E-state index in [-0.39, 0.29) is 0 Å². The second-order valence-electron chi connectivity index (χ2n) is 13.7. The molecule has 0 bridgehead atoms. The molecule has 0 aliphatic heterocycles. The fraction of sp³-hybridized carbons (Fsp3) is 0. The molecule has 262 valence electrons. The van der Waals surface area contributed by atoms with Gasteiger partial charge in [-0.15, -0.1) is 0 Å². The van der Waals surface area contributed by atoms with Gasteiger partial charge >= 0.3 is 0 Å². The van der Waals surface area contributed by atoms with Crippen LogP contribution < -0.4 is 0 Å². The zero-order chi connectivity index (χ0) is 37.0. The Morgan fingerprint density at radius 1 is 0.304 bits per heavy atom. The van der Waals surface area contributed by atoms with Crippen molar-refractivity contribution in [3.63, 3.8) is 0 Å². The van der Waals surface area contributed by atoms with E-state index in [4.69, 9.17) is 33.8 Å². The predicted molar refractivity (Wildman–Crippen MR) is 223 cm³/mol. The number of benzene rings is 7. The summed E-state index contributed by atoms with van der Waals surface area (Å²) in [6.07, 6.45) is 0. The average Bonchev–Trinajstić information content (AvgIpc) is 3.85. The van der Waals surface area contributed by atoms with Gasteiger partial charge in [0.05, 0.1) is 0 Å². The molecule has 0 aliphatic carbocycles. The summed E-state index contributed by atoms with van der Waals surface area (Å²) in [5.74, 6) is 2.42. The number of hydrogen-bond donors (Lipinski definition) is 0. The molecule has 11 rings (SSSR count). The average molecular weight is 720 g/mol. The molecule has 0 aliphatic rings. The fourth-order valence-electron chi connectivity index (χ4n) is 7.44. The van der Waals surface area contributed by atoms with Crippen molar-refractivity contribution in [2.24, 2.45) is 0 Å². The molecule has 11 aromatic rings. The summed E-state index contributed by atoms with van der Waals surface area (Å²) in [4.78, 5) is 24.9. The Kier molecular flexibility index (Phi) is 7.35. The Morgan fingerprint density at radius 3 is 1.57 bits per heavy atom. The van der Waals surface area contributed by atoms with Crippen LogP contribution in [0, 0.1) is 0 Å². The zero-order valence-electron chi connectivity index (χ0n) is 29.8. The summed E-state index contributed by atoms with van der Waals surface area (Å²) in [5.41, 5.74) is 11.0. The fourth-order valence-corrected chi connectivity index (χ4v) is 7.44. The lowest BCUT2D eigenvalue weighted by Crippen LogP contribution is -2.00. The third-order valence-electron chi connectivity index (χ3n) is 10.2. The van der Waals surface area contributed by atoms with Crippen LogP contribution in [0.1, 0.15) is 0 Å². The third kappa shape index (κ3) is 5.41. The maximum Gasteiger partial charge on any atom is 0.180 e. The van der Waals surface area contributed by atoms with Crippen molar-refractivity contribution < 1.29 is 8.83 Å². The molecule has 4 heterocycles. The van der Waals surface area contributed by atoms with Gasteiger partial charge in [0.25, 0.3) is 0 Å². The minimum Gasteiger partial charge on any atom is -0.455 e. The van der Waals surface area contributed by atoms with Gasteiger partial charge in [-0.05, 0) is 35.9 Å². The summed E-state index contributed by atoms with van der Waals surface area (Å²) in [7, 11) is 0. The Labute approximate surface area is 320 Å². The van der Waals surface area contributed by atoms with Crippen molar-refractivity contribution in [3.8, 4) is 67.9 Å². The van der Waals surface area contributed by atoms with Gasteiger partial charge in [-0.25, -0.2) is 24.9 Å². The summed E-state index contributed by atoms with van der Waals surface area (Å²) >= 11 is 0. The highest BCUT2D eigenvalue weighted by Gasteiger charge is 2.20. The lowest BCUT2D eigenvalue weighted by atomic mass is 10.00. The SMILES string of the molecule is c1ccc(-c2nc(-c3ccccc3)nc(-c3ccc4c(c3)oc3c(-c5cccc(-c6nc(-c7ccccc7)c7oc8ccccc8c7n6)c5)cccc34)n2)cc1. The van der Waals surface area contributed by atoms with Crippen LogP contribution in [0.15, 0.2) is 185 Å². The van der Waals surface area contributed by atoms with Gasteiger partial charge in [0.1, 0.15) is 28.0 Å². The molecule has 0 fully saturated rings. The van der Waals surface area contributed by atoms with Crippen LogP contribution in [0.3, 0.4) is 0 Å². The molecule has 0 saturated heterocycles. The van der Waals surface area contributed by atoms with E-state index in [9.17, 15) is 0 Å². The van der Waals surface area contributed by atoms with Gasteiger partial charge in [0.15, 0.2) is 28.9 Å².